The van der Waals surface area contributed by atoms with Gasteiger partial charge in [0.2, 0.25) is 0 Å². The first-order chi connectivity index (χ1) is 18.1. The number of allylic oxidation sites excluding steroid dienone is 4. The van der Waals surface area contributed by atoms with Gasteiger partial charge >= 0.3 is 0 Å². The number of hydrogen-bond donors (Lipinski definition) is 2. The molecule has 0 amide bonds. The van der Waals surface area contributed by atoms with Crippen LogP contribution in [0.1, 0.15) is 12.5 Å². The predicted octanol–water partition coefficient (Wildman–Crippen LogP) is 6.22. The lowest BCUT2D eigenvalue weighted by Gasteiger charge is -2.12. The highest BCUT2D eigenvalue weighted by atomic mass is 16.5. The first-order valence-electron chi connectivity index (χ1n) is 12.2. The number of aromatic nitrogens is 5. The molecule has 0 radical (unpaired) electrons. The van der Waals surface area contributed by atoms with Gasteiger partial charge in [0.1, 0.15) is 18.1 Å². The summed E-state index contributed by atoms with van der Waals surface area (Å²) in [4.78, 5) is 14.3. The van der Waals surface area contributed by atoms with E-state index in [-0.39, 0.29) is 0 Å². The SMILES string of the molecule is C=C/C(=C\C(=C/C)c1ccc2[nH]nc(-c3cc4c(-c5cccnc5)cncc4[nH]3)c2c1)OCCN(C)C. The van der Waals surface area contributed by atoms with E-state index >= 15 is 0 Å². The van der Waals surface area contributed by atoms with Crippen LogP contribution in [0.3, 0.4) is 0 Å². The zero-order valence-corrected chi connectivity index (χ0v) is 21.3. The summed E-state index contributed by atoms with van der Waals surface area (Å²) in [7, 11) is 4.05. The van der Waals surface area contributed by atoms with E-state index in [9.17, 15) is 0 Å². The molecule has 0 saturated carbocycles. The van der Waals surface area contributed by atoms with Gasteiger partial charge in [0.25, 0.3) is 0 Å². The minimum absolute atomic E-state index is 0.600. The fourth-order valence-electron chi connectivity index (χ4n) is 4.32. The molecule has 4 aromatic heterocycles. The molecule has 0 aliphatic heterocycles. The second kappa shape index (κ2) is 10.6. The van der Waals surface area contributed by atoms with Crippen molar-refractivity contribution in [2.75, 3.05) is 27.2 Å². The molecule has 0 aliphatic rings. The van der Waals surface area contributed by atoms with E-state index in [1.54, 1.807) is 12.3 Å². The molecule has 37 heavy (non-hydrogen) atoms. The van der Waals surface area contributed by atoms with Crippen LogP contribution in [0.25, 0.3) is 49.9 Å². The number of benzene rings is 1. The van der Waals surface area contributed by atoms with Crippen molar-refractivity contribution in [2.45, 2.75) is 6.92 Å². The summed E-state index contributed by atoms with van der Waals surface area (Å²) in [6.07, 6.45) is 13.2. The van der Waals surface area contributed by atoms with Gasteiger partial charge in [-0.3, -0.25) is 15.1 Å². The number of rotatable bonds is 9. The summed E-state index contributed by atoms with van der Waals surface area (Å²) in [5.41, 5.74) is 7.87. The minimum atomic E-state index is 0.600. The number of H-pyrrole nitrogens is 2. The van der Waals surface area contributed by atoms with E-state index in [1.165, 1.54) is 0 Å². The summed E-state index contributed by atoms with van der Waals surface area (Å²) < 4.78 is 5.93. The smallest absolute Gasteiger partial charge is 0.119 e. The predicted molar refractivity (Wildman–Crippen MR) is 151 cm³/mol. The Kier molecular flexibility index (Phi) is 6.96. The van der Waals surface area contributed by atoms with Crippen molar-refractivity contribution in [1.29, 1.82) is 0 Å². The molecule has 5 aromatic rings. The highest BCUT2D eigenvalue weighted by molar-refractivity contribution is 6.01. The molecule has 7 nitrogen and oxygen atoms in total. The van der Waals surface area contributed by atoms with Crippen LogP contribution < -0.4 is 0 Å². The number of ether oxygens (including phenoxy) is 1. The first-order valence-corrected chi connectivity index (χ1v) is 12.2. The molecule has 7 heteroatoms. The number of fused-ring (bicyclic) bond motifs is 2. The molecule has 0 unspecified atom stereocenters. The van der Waals surface area contributed by atoms with Crippen molar-refractivity contribution in [2.24, 2.45) is 0 Å². The molecule has 0 saturated heterocycles. The highest BCUT2D eigenvalue weighted by Gasteiger charge is 2.15. The van der Waals surface area contributed by atoms with Crippen LogP contribution in [-0.4, -0.2) is 57.3 Å². The number of pyridine rings is 2. The topological polar surface area (TPSA) is 82.7 Å². The van der Waals surface area contributed by atoms with Crippen molar-refractivity contribution < 1.29 is 4.74 Å². The summed E-state index contributed by atoms with van der Waals surface area (Å²) >= 11 is 0. The van der Waals surface area contributed by atoms with Gasteiger partial charge in [-0.2, -0.15) is 5.10 Å². The second-order valence-electron chi connectivity index (χ2n) is 9.05. The van der Waals surface area contributed by atoms with Gasteiger partial charge < -0.3 is 14.6 Å². The largest absolute Gasteiger partial charge is 0.492 e. The van der Waals surface area contributed by atoms with Crippen LogP contribution >= 0.6 is 0 Å². The van der Waals surface area contributed by atoms with E-state index in [1.807, 2.05) is 57.8 Å². The standard InChI is InChI=1S/C30H30N6O/c1-5-20(14-23(6-2)37-13-12-36(3)4)21-9-10-27-25(15-21)30(35-34-27)28-16-24-26(18-32-19-29(24)33-28)22-8-7-11-31-17-22/h5-11,14-19,33H,2,12-13H2,1,3-4H3,(H,34,35)/b20-5+,23-14+. The zero-order chi connectivity index (χ0) is 25.8. The third kappa shape index (κ3) is 5.08. The molecule has 2 N–H and O–H groups in total. The summed E-state index contributed by atoms with van der Waals surface area (Å²) in [5.74, 6) is 0.744. The molecule has 5 rings (SSSR count). The maximum atomic E-state index is 5.93. The van der Waals surface area contributed by atoms with E-state index in [0.717, 1.165) is 67.8 Å². The Morgan fingerprint density at radius 3 is 2.70 bits per heavy atom. The van der Waals surface area contributed by atoms with Gasteiger partial charge in [0.15, 0.2) is 0 Å². The van der Waals surface area contributed by atoms with E-state index in [4.69, 9.17) is 4.74 Å². The average Bonchev–Trinajstić information content (AvgIpc) is 3.54. The van der Waals surface area contributed by atoms with Crippen LogP contribution in [0.15, 0.2) is 91.8 Å². The average molecular weight is 491 g/mol. The molecule has 1 aromatic carbocycles. The lowest BCUT2D eigenvalue weighted by molar-refractivity contribution is 0.193. The Balaban J connectivity index is 1.52. The number of hydrogen-bond acceptors (Lipinski definition) is 5. The molecule has 0 atom stereocenters. The Morgan fingerprint density at radius 1 is 1.05 bits per heavy atom. The van der Waals surface area contributed by atoms with Gasteiger partial charge in [-0.1, -0.05) is 24.8 Å². The second-order valence-corrected chi connectivity index (χ2v) is 9.05. The van der Waals surface area contributed by atoms with Gasteiger partial charge in [-0.15, -0.1) is 0 Å². The molecule has 186 valence electrons. The monoisotopic (exact) mass is 490 g/mol. The Morgan fingerprint density at radius 2 is 1.95 bits per heavy atom. The molecular formula is C30H30N6O. The van der Waals surface area contributed by atoms with Crippen molar-refractivity contribution in [3.05, 3.63) is 97.3 Å². The van der Waals surface area contributed by atoms with Gasteiger partial charge in [-0.25, -0.2) is 0 Å². The summed E-state index contributed by atoms with van der Waals surface area (Å²) in [6.45, 7) is 7.38. The quantitative estimate of drug-likeness (QED) is 0.189. The van der Waals surface area contributed by atoms with Crippen LogP contribution in [0.5, 0.6) is 0 Å². The lowest BCUT2D eigenvalue weighted by atomic mass is 10.0. The highest BCUT2D eigenvalue weighted by Crippen LogP contribution is 2.34. The van der Waals surface area contributed by atoms with Gasteiger partial charge in [0.05, 0.1) is 22.9 Å². The van der Waals surface area contributed by atoms with Crippen molar-refractivity contribution >= 4 is 27.4 Å². The number of likely N-dealkylation sites (N-methyl/N-ethyl adjacent to an activating group) is 1. The Hall–Kier alpha value is -4.49. The summed E-state index contributed by atoms with van der Waals surface area (Å²) in [5, 5.41) is 9.94. The molecule has 4 heterocycles. The van der Waals surface area contributed by atoms with E-state index in [2.05, 4.69) is 67.0 Å². The third-order valence-electron chi connectivity index (χ3n) is 6.29. The Labute approximate surface area is 216 Å². The molecule has 0 aliphatic carbocycles. The lowest BCUT2D eigenvalue weighted by Crippen LogP contribution is -2.17. The first kappa shape index (κ1) is 24.2. The van der Waals surface area contributed by atoms with Crippen molar-refractivity contribution in [3.8, 4) is 22.5 Å². The number of nitrogens with one attached hydrogen (secondary N) is 2. The normalized spacial score (nSPS) is 12.5. The van der Waals surface area contributed by atoms with Crippen molar-refractivity contribution in [1.82, 2.24) is 30.0 Å². The molecule has 0 bridgehead atoms. The molecule has 0 fully saturated rings. The van der Waals surface area contributed by atoms with E-state index < -0.39 is 0 Å². The van der Waals surface area contributed by atoms with Gasteiger partial charge in [-0.05, 0) is 68.6 Å². The van der Waals surface area contributed by atoms with E-state index in [0.29, 0.717) is 6.61 Å². The van der Waals surface area contributed by atoms with Crippen molar-refractivity contribution in [3.63, 3.8) is 0 Å². The number of nitrogens with zero attached hydrogens (tertiary/aromatic N) is 4. The molecular weight excluding hydrogens is 460 g/mol. The fraction of sp³-hybridized carbons (Fsp3) is 0.167. The Bertz CT molecular complexity index is 1610. The maximum absolute atomic E-state index is 5.93. The fourth-order valence-corrected chi connectivity index (χ4v) is 4.32. The van der Waals surface area contributed by atoms with Crippen LogP contribution in [0, 0.1) is 0 Å². The summed E-state index contributed by atoms with van der Waals surface area (Å²) in [6, 6.07) is 12.4. The zero-order valence-electron chi connectivity index (χ0n) is 21.3. The minimum Gasteiger partial charge on any atom is -0.492 e. The molecule has 0 spiro atoms. The van der Waals surface area contributed by atoms with Crippen LogP contribution in [0.4, 0.5) is 0 Å². The van der Waals surface area contributed by atoms with Crippen LogP contribution in [0.2, 0.25) is 0 Å². The number of aromatic amines is 2. The van der Waals surface area contributed by atoms with Gasteiger partial charge in [0, 0.05) is 47.0 Å². The van der Waals surface area contributed by atoms with Crippen LogP contribution in [-0.2, 0) is 4.74 Å². The third-order valence-corrected chi connectivity index (χ3v) is 6.29. The maximum Gasteiger partial charge on any atom is 0.119 e.